The molecule has 424 valence electrons. The van der Waals surface area contributed by atoms with E-state index in [-0.39, 0.29) is 81.6 Å². The van der Waals surface area contributed by atoms with Crippen LogP contribution in [0.1, 0.15) is 59.5 Å². The number of anilines is 2. The van der Waals surface area contributed by atoms with Crippen molar-refractivity contribution in [3.05, 3.63) is 188 Å². The summed E-state index contributed by atoms with van der Waals surface area (Å²) < 4.78 is 38.2. The van der Waals surface area contributed by atoms with Crippen LogP contribution in [0.3, 0.4) is 0 Å². The van der Waals surface area contributed by atoms with Gasteiger partial charge >= 0.3 is 23.2 Å². The highest BCUT2D eigenvalue weighted by Gasteiger charge is 2.17. The summed E-state index contributed by atoms with van der Waals surface area (Å²) in [5, 5.41) is 15.8. The first-order chi connectivity index (χ1) is 39.3. The predicted octanol–water partition coefficient (Wildman–Crippen LogP) is 7.82. The molecule has 19 heteroatoms. The van der Waals surface area contributed by atoms with Gasteiger partial charge in [-0.1, -0.05) is 79.5 Å². The van der Waals surface area contributed by atoms with Crippen LogP contribution < -0.4 is 31.7 Å². The Morgan fingerprint density at radius 1 is 0.600 bits per heavy atom. The lowest BCUT2D eigenvalue weighted by molar-refractivity contribution is -0.141. The second kappa shape index (κ2) is 36.0. The molecule has 6 rings (SSSR count). The zero-order chi connectivity index (χ0) is 58.8. The Bertz CT molecular complexity index is 3210. The van der Waals surface area contributed by atoms with Crippen molar-refractivity contribution < 1.29 is 56.9 Å². The van der Waals surface area contributed by atoms with Crippen LogP contribution in [-0.2, 0) is 33.3 Å². The van der Waals surface area contributed by atoms with Gasteiger partial charge in [0.1, 0.15) is 41.8 Å². The summed E-state index contributed by atoms with van der Waals surface area (Å²) in [7, 11) is 0.333. The standard InChI is InChI=1S/C30H34N2O7.C30H32N2O7.CH5P/c2*1-3-32(4-2)25-13-12-24-20-26(30(36)39-27(24)21-25)28(34)31-15-17-37-18-19-38-29(35)23(14-16-33)11-10-22-8-6-5-7-9-22;1-2/h5-14,20-21,33H,3-4,15-19H2,1-2H3,(H,31,34);5-14,16,20-21H,3-4,15,17-19H2,1-2H3,(H,31,34);2H2,1H3/b2*11-10+,23-14+;/i;;2D. The van der Waals surface area contributed by atoms with Crippen LogP contribution in [0.4, 0.5) is 11.4 Å². The molecule has 0 saturated heterocycles. The highest BCUT2D eigenvalue weighted by molar-refractivity contribution is 7.15. The van der Waals surface area contributed by atoms with Crippen LogP contribution in [0, 0.1) is 0 Å². The van der Waals surface area contributed by atoms with Gasteiger partial charge in [-0.3, -0.25) is 14.4 Å². The Morgan fingerprint density at radius 2 is 1.01 bits per heavy atom. The van der Waals surface area contributed by atoms with E-state index in [1.165, 1.54) is 24.3 Å². The zero-order valence-electron chi connectivity index (χ0n) is 46.8. The van der Waals surface area contributed by atoms with E-state index in [4.69, 9.17) is 29.1 Å². The minimum atomic E-state index is -0.718. The van der Waals surface area contributed by atoms with Crippen molar-refractivity contribution in [2.24, 2.45) is 0 Å². The molecular weight excluding hydrogens is 1040 g/mol. The number of fused-ring (bicyclic) bond motifs is 2. The van der Waals surface area contributed by atoms with Gasteiger partial charge in [0.25, 0.3) is 11.8 Å². The fraction of sp³-hybridized carbons (Fsp3) is 0.295. The third-order valence-electron chi connectivity index (χ3n) is 11.7. The lowest BCUT2D eigenvalue weighted by Gasteiger charge is -2.21. The van der Waals surface area contributed by atoms with Gasteiger partial charge < -0.3 is 53.3 Å². The Morgan fingerprint density at radius 3 is 1.41 bits per heavy atom. The summed E-state index contributed by atoms with van der Waals surface area (Å²) in [6, 6.07) is 32.9. The molecule has 0 aliphatic carbocycles. The molecule has 6 aromatic rings. The van der Waals surface area contributed by atoms with Gasteiger partial charge in [0.2, 0.25) is 0 Å². The van der Waals surface area contributed by atoms with Crippen molar-refractivity contribution in [2.45, 2.75) is 27.7 Å². The van der Waals surface area contributed by atoms with Gasteiger partial charge in [-0.25, -0.2) is 19.2 Å². The maximum Gasteiger partial charge on any atom is 0.349 e. The van der Waals surface area contributed by atoms with Gasteiger partial charge in [0.15, 0.2) is 0 Å². The quantitative estimate of drug-likeness (QED) is 0.00808. The second-order valence-electron chi connectivity index (χ2n) is 16.8. The maximum atomic E-state index is 12.5. The topological polar surface area (TPSA) is 233 Å². The van der Waals surface area contributed by atoms with E-state index in [1.54, 1.807) is 30.4 Å². The third-order valence-corrected chi connectivity index (χ3v) is 11.7. The van der Waals surface area contributed by atoms with Crippen molar-refractivity contribution >= 4 is 84.7 Å². The van der Waals surface area contributed by atoms with Gasteiger partial charge in [0, 0.05) is 73.5 Å². The van der Waals surface area contributed by atoms with Crippen LogP contribution in [0.5, 0.6) is 0 Å². The number of benzene rings is 4. The fourth-order valence-corrected chi connectivity index (χ4v) is 7.59. The molecule has 0 aliphatic rings. The summed E-state index contributed by atoms with van der Waals surface area (Å²) in [6.45, 7) is 13.7. The van der Waals surface area contributed by atoms with Crippen LogP contribution in [0.15, 0.2) is 163 Å². The summed E-state index contributed by atoms with van der Waals surface area (Å²) in [6.07, 6.45) is 9.56. The SMILES string of the molecule is CCN(CC)c1ccc2cc(C(=O)NCCOCCOC(=O)C(/C=C/c3ccccc3)=C/C=O)c(=O)oc2c1.CCN(CC)c1ccc2cc(C(=O)NCCOCCOC(=O)C(/C=C/c3ccccc3)=C/CO)c(=O)oc2c1.[2H]PC. The van der Waals surface area contributed by atoms with Crippen molar-refractivity contribution in [1.82, 2.24) is 10.6 Å². The lowest BCUT2D eigenvalue weighted by atomic mass is 10.1. The average Bonchev–Trinajstić information content (AvgIpc) is 3.47. The van der Waals surface area contributed by atoms with Crippen LogP contribution in [-0.4, -0.2) is 129 Å². The van der Waals surface area contributed by atoms with Crippen LogP contribution >= 0.6 is 9.18 Å². The second-order valence-corrected chi connectivity index (χ2v) is 16.8. The van der Waals surface area contributed by atoms with E-state index in [1.807, 2.05) is 119 Å². The van der Waals surface area contributed by atoms with E-state index in [0.717, 1.165) is 54.8 Å². The number of ether oxygens (including phenoxy) is 4. The number of aldehydes is 1. The summed E-state index contributed by atoms with van der Waals surface area (Å²) in [5.41, 5.74) is 3.24. The van der Waals surface area contributed by atoms with Crippen molar-refractivity contribution in [2.75, 3.05) is 102 Å². The molecule has 1 unspecified atom stereocenters. The Balaban J connectivity index is 0.000000332. The molecule has 4 aromatic carbocycles. The number of nitrogens with one attached hydrogen (secondary N) is 2. The Hall–Kier alpha value is -8.28. The first kappa shape index (κ1) is 62.6. The molecule has 0 radical (unpaired) electrons. The summed E-state index contributed by atoms with van der Waals surface area (Å²) >= 11 is 0. The molecule has 18 nitrogen and oxygen atoms in total. The van der Waals surface area contributed by atoms with E-state index in [9.17, 15) is 38.7 Å². The molecule has 2 aromatic heterocycles. The Kier molecular flexibility index (Phi) is 28.2. The van der Waals surface area contributed by atoms with Gasteiger partial charge in [-0.2, -0.15) is 0 Å². The molecule has 2 heterocycles. The number of allylic oxidation sites excluding steroid dienone is 1. The average molecular weight is 1120 g/mol. The number of nitrogens with zero attached hydrogens (tertiary/aromatic N) is 2. The first-order valence-electron chi connectivity index (χ1n) is 26.6. The van der Waals surface area contributed by atoms with E-state index in [2.05, 4.69) is 20.4 Å². The molecular formula is C61H71N4O14P. The minimum Gasteiger partial charge on any atom is -0.460 e. The number of carbonyl (C=O) groups is 5. The molecule has 0 spiro atoms. The van der Waals surface area contributed by atoms with E-state index >= 15 is 0 Å². The fourth-order valence-electron chi connectivity index (χ4n) is 7.59. The first-order valence-corrected chi connectivity index (χ1v) is 27.1. The highest BCUT2D eigenvalue weighted by Crippen LogP contribution is 2.23. The molecule has 0 fully saturated rings. The van der Waals surface area contributed by atoms with Crippen LogP contribution in [0.25, 0.3) is 34.1 Å². The smallest absolute Gasteiger partial charge is 0.349 e. The monoisotopic (exact) mass is 1120 g/mol. The van der Waals surface area contributed by atoms with E-state index in [0.29, 0.717) is 37.4 Å². The Labute approximate surface area is 469 Å². The minimum absolute atomic E-state index is 0.00152. The molecule has 3 N–H and O–H groups in total. The number of carbonyl (C=O) groups excluding carboxylic acids is 5. The lowest BCUT2D eigenvalue weighted by Crippen LogP contribution is -2.31. The molecule has 0 aliphatic heterocycles. The number of rotatable bonds is 28. The predicted molar refractivity (Wildman–Crippen MR) is 316 cm³/mol. The molecule has 0 saturated carbocycles. The number of aliphatic hydroxyl groups is 1. The maximum absolute atomic E-state index is 12.5. The van der Waals surface area contributed by atoms with Crippen molar-refractivity contribution in [1.29, 1.82) is 1.28 Å². The van der Waals surface area contributed by atoms with Gasteiger partial charge in [-0.05, 0) is 99.5 Å². The van der Waals surface area contributed by atoms with Crippen molar-refractivity contribution in [3.63, 3.8) is 0 Å². The summed E-state index contributed by atoms with van der Waals surface area (Å²) in [5.74, 6) is -2.36. The largest absolute Gasteiger partial charge is 0.460 e. The summed E-state index contributed by atoms with van der Waals surface area (Å²) in [4.78, 5) is 89.5. The van der Waals surface area contributed by atoms with Crippen LogP contribution in [0.2, 0.25) is 0 Å². The number of amides is 2. The van der Waals surface area contributed by atoms with Crippen molar-refractivity contribution in [3.8, 4) is 0 Å². The number of esters is 2. The van der Waals surface area contributed by atoms with Gasteiger partial charge in [0.05, 0.1) is 45.5 Å². The highest BCUT2D eigenvalue weighted by atomic mass is 31.0. The molecule has 2 amide bonds. The number of aliphatic hydroxyl groups excluding tert-OH is 1. The molecule has 1 atom stereocenters. The number of hydrogen-bond donors (Lipinski definition) is 3. The number of hydrogen-bond acceptors (Lipinski definition) is 16. The third kappa shape index (κ3) is 20.8. The zero-order valence-corrected chi connectivity index (χ0v) is 46.8. The van der Waals surface area contributed by atoms with E-state index < -0.39 is 35.0 Å². The molecule has 0 bridgehead atoms. The normalized spacial score (nSPS) is 11.7. The molecule has 80 heavy (non-hydrogen) atoms. The van der Waals surface area contributed by atoms with Gasteiger partial charge in [-0.15, -0.1) is 9.18 Å².